The number of carbonyl (C=O) groups excluding carboxylic acids is 1. The minimum absolute atomic E-state index is 0.397. The van der Waals surface area contributed by atoms with Crippen molar-refractivity contribution in [2.45, 2.75) is 6.92 Å². The van der Waals surface area contributed by atoms with Crippen LogP contribution in [0.15, 0.2) is 18.5 Å². The molecule has 0 bridgehead atoms. The fraction of sp³-hybridized carbons (Fsp3) is 0.273. The van der Waals surface area contributed by atoms with Gasteiger partial charge in [0.2, 0.25) is 0 Å². The minimum atomic E-state index is -1.29. The predicted molar refractivity (Wildman–Crippen MR) is 64.8 cm³/mol. The highest BCUT2D eigenvalue weighted by Gasteiger charge is 2.20. The van der Waals surface area contributed by atoms with Crippen LogP contribution in [0.3, 0.4) is 0 Å². The van der Waals surface area contributed by atoms with E-state index in [-0.39, 0.29) is 0 Å². The minimum Gasteiger partial charge on any atom is -0.480 e. The maximum absolute atomic E-state index is 11.8. The highest BCUT2D eigenvalue weighted by molar-refractivity contribution is 5.93. The van der Waals surface area contributed by atoms with Crippen LogP contribution in [0.4, 0.5) is 10.5 Å². The van der Waals surface area contributed by atoms with Crippen molar-refractivity contribution in [3.63, 3.8) is 0 Å². The molecule has 0 fully saturated rings. The molecule has 1 aromatic heterocycles. The molecule has 2 amide bonds. The molecule has 102 valence electrons. The van der Waals surface area contributed by atoms with Gasteiger partial charge in [-0.1, -0.05) is 0 Å². The first kappa shape index (κ1) is 14.4. The van der Waals surface area contributed by atoms with Gasteiger partial charge in [0.05, 0.1) is 11.9 Å². The standard InChI is InChI=1S/C11H13N3O5/c1-7-2-3-12-4-8(7)13-11(19)14(5-9(15)16)6-10(17)18/h2-4H,5-6H2,1H3,(H,13,19)(H,15,16)(H,17,18). The van der Waals surface area contributed by atoms with Gasteiger partial charge in [-0.15, -0.1) is 0 Å². The average molecular weight is 267 g/mol. The summed E-state index contributed by atoms with van der Waals surface area (Å²) in [4.78, 5) is 37.5. The molecule has 1 heterocycles. The van der Waals surface area contributed by atoms with E-state index in [0.29, 0.717) is 10.6 Å². The lowest BCUT2D eigenvalue weighted by Gasteiger charge is -2.19. The summed E-state index contributed by atoms with van der Waals surface area (Å²) in [7, 11) is 0. The molecule has 0 saturated heterocycles. The number of urea groups is 1. The van der Waals surface area contributed by atoms with Crippen LogP contribution in [0.25, 0.3) is 0 Å². The highest BCUT2D eigenvalue weighted by atomic mass is 16.4. The van der Waals surface area contributed by atoms with E-state index in [1.54, 1.807) is 13.0 Å². The average Bonchev–Trinajstić information content (AvgIpc) is 2.30. The van der Waals surface area contributed by atoms with Crippen molar-refractivity contribution in [3.8, 4) is 0 Å². The molecular formula is C11H13N3O5. The van der Waals surface area contributed by atoms with Gasteiger partial charge in [0, 0.05) is 6.20 Å². The fourth-order valence-electron chi connectivity index (χ4n) is 1.32. The number of hydrogen-bond donors (Lipinski definition) is 3. The second kappa shape index (κ2) is 6.34. The number of hydrogen-bond acceptors (Lipinski definition) is 4. The topological polar surface area (TPSA) is 120 Å². The van der Waals surface area contributed by atoms with Gasteiger partial charge in [0.25, 0.3) is 0 Å². The molecule has 0 spiro atoms. The number of carboxylic acid groups (broad SMARTS) is 2. The van der Waals surface area contributed by atoms with Gasteiger partial charge in [-0.3, -0.25) is 14.6 Å². The summed E-state index contributed by atoms with van der Waals surface area (Å²) in [6, 6.07) is 0.856. The van der Waals surface area contributed by atoms with E-state index in [2.05, 4.69) is 10.3 Å². The molecule has 0 aromatic carbocycles. The Morgan fingerprint density at radius 3 is 2.32 bits per heavy atom. The lowest BCUT2D eigenvalue weighted by Crippen LogP contribution is -2.42. The summed E-state index contributed by atoms with van der Waals surface area (Å²) in [6.45, 7) is 0.338. The third-order valence-electron chi connectivity index (χ3n) is 2.22. The Labute approximate surface area is 108 Å². The number of amides is 2. The number of anilines is 1. The Bertz CT molecular complexity index is 487. The van der Waals surface area contributed by atoms with E-state index >= 15 is 0 Å². The van der Waals surface area contributed by atoms with Gasteiger partial charge >= 0.3 is 18.0 Å². The molecule has 19 heavy (non-hydrogen) atoms. The van der Waals surface area contributed by atoms with Crippen LogP contribution in [0, 0.1) is 6.92 Å². The molecule has 0 aliphatic carbocycles. The van der Waals surface area contributed by atoms with Gasteiger partial charge in [-0.25, -0.2) is 4.79 Å². The number of nitrogens with one attached hydrogen (secondary N) is 1. The molecule has 1 aromatic rings. The fourth-order valence-corrected chi connectivity index (χ4v) is 1.32. The zero-order chi connectivity index (χ0) is 14.4. The maximum atomic E-state index is 11.8. The first-order valence-electron chi connectivity index (χ1n) is 5.30. The summed E-state index contributed by atoms with van der Waals surface area (Å²) in [5.74, 6) is -2.58. The van der Waals surface area contributed by atoms with Gasteiger partial charge in [0.1, 0.15) is 13.1 Å². The first-order valence-corrected chi connectivity index (χ1v) is 5.30. The third-order valence-corrected chi connectivity index (χ3v) is 2.22. The second-order valence-electron chi connectivity index (χ2n) is 3.76. The highest BCUT2D eigenvalue weighted by Crippen LogP contribution is 2.12. The summed E-state index contributed by atoms with van der Waals surface area (Å²) in [5.41, 5.74) is 1.13. The smallest absolute Gasteiger partial charge is 0.323 e. The number of pyridine rings is 1. The molecule has 0 aliphatic heterocycles. The molecule has 0 atom stereocenters. The van der Waals surface area contributed by atoms with Crippen LogP contribution < -0.4 is 5.32 Å². The predicted octanol–water partition coefficient (Wildman–Crippen LogP) is 0.393. The molecule has 8 nitrogen and oxygen atoms in total. The van der Waals surface area contributed by atoms with E-state index in [0.717, 1.165) is 5.56 Å². The molecule has 0 saturated carbocycles. The van der Waals surface area contributed by atoms with Gasteiger partial charge in [0.15, 0.2) is 0 Å². The molecule has 0 unspecified atom stereocenters. The van der Waals surface area contributed by atoms with Crippen molar-refractivity contribution in [2.24, 2.45) is 0 Å². The number of aliphatic carboxylic acids is 2. The van der Waals surface area contributed by atoms with Crippen LogP contribution >= 0.6 is 0 Å². The Balaban J connectivity index is 2.79. The van der Waals surface area contributed by atoms with Crippen LogP contribution in [-0.2, 0) is 9.59 Å². The summed E-state index contributed by atoms with van der Waals surface area (Å²) in [5, 5.41) is 19.7. The van der Waals surface area contributed by atoms with Gasteiger partial charge in [-0.2, -0.15) is 0 Å². The Hall–Kier alpha value is -2.64. The number of aryl methyl sites for hydroxylation is 1. The van der Waals surface area contributed by atoms with Crippen LogP contribution in [0.1, 0.15) is 5.56 Å². The number of carboxylic acids is 2. The number of nitrogens with zero attached hydrogens (tertiary/aromatic N) is 2. The van der Waals surface area contributed by atoms with Crippen molar-refractivity contribution in [3.05, 3.63) is 24.0 Å². The van der Waals surface area contributed by atoms with E-state index in [1.807, 2.05) is 0 Å². The molecule has 1 rings (SSSR count). The zero-order valence-electron chi connectivity index (χ0n) is 10.2. The van der Waals surface area contributed by atoms with Crippen molar-refractivity contribution >= 4 is 23.7 Å². The summed E-state index contributed by atoms with van der Waals surface area (Å²) >= 11 is 0. The molecule has 0 aliphatic rings. The third kappa shape index (κ3) is 4.62. The van der Waals surface area contributed by atoms with Crippen molar-refractivity contribution in [1.29, 1.82) is 0 Å². The Morgan fingerprint density at radius 2 is 1.84 bits per heavy atom. The Morgan fingerprint density at radius 1 is 1.26 bits per heavy atom. The second-order valence-corrected chi connectivity index (χ2v) is 3.76. The number of carbonyl (C=O) groups is 3. The molecule has 0 radical (unpaired) electrons. The van der Waals surface area contributed by atoms with E-state index in [9.17, 15) is 14.4 Å². The van der Waals surface area contributed by atoms with Crippen LogP contribution in [0.2, 0.25) is 0 Å². The monoisotopic (exact) mass is 267 g/mol. The van der Waals surface area contributed by atoms with Gasteiger partial charge in [-0.05, 0) is 18.6 Å². The van der Waals surface area contributed by atoms with Crippen LogP contribution in [-0.4, -0.2) is 51.2 Å². The summed E-state index contributed by atoms with van der Waals surface area (Å²) in [6.07, 6.45) is 2.93. The quantitative estimate of drug-likeness (QED) is 0.710. The summed E-state index contributed by atoms with van der Waals surface area (Å²) < 4.78 is 0. The van der Waals surface area contributed by atoms with Gasteiger partial charge < -0.3 is 20.4 Å². The van der Waals surface area contributed by atoms with E-state index < -0.39 is 31.1 Å². The number of rotatable bonds is 5. The SMILES string of the molecule is Cc1ccncc1NC(=O)N(CC(=O)O)CC(=O)O. The Kier molecular flexibility index (Phi) is 4.81. The molecule has 3 N–H and O–H groups in total. The zero-order valence-corrected chi connectivity index (χ0v) is 10.2. The van der Waals surface area contributed by atoms with Crippen molar-refractivity contribution < 1.29 is 24.6 Å². The first-order chi connectivity index (χ1) is 8.90. The normalized spacial score (nSPS) is 9.74. The van der Waals surface area contributed by atoms with E-state index in [1.165, 1.54) is 12.4 Å². The molecule has 8 heteroatoms. The maximum Gasteiger partial charge on any atom is 0.323 e. The van der Waals surface area contributed by atoms with Crippen LogP contribution in [0.5, 0.6) is 0 Å². The van der Waals surface area contributed by atoms with Crippen molar-refractivity contribution in [1.82, 2.24) is 9.88 Å². The lowest BCUT2D eigenvalue weighted by molar-refractivity contribution is -0.140. The molecular weight excluding hydrogens is 254 g/mol. The van der Waals surface area contributed by atoms with E-state index in [4.69, 9.17) is 10.2 Å². The lowest BCUT2D eigenvalue weighted by atomic mass is 10.2. The number of aromatic nitrogens is 1. The van der Waals surface area contributed by atoms with Crippen molar-refractivity contribution in [2.75, 3.05) is 18.4 Å². The largest absolute Gasteiger partial charge is 0.480 e.